The number of hydrogen-bond donors (Lipinski definition) is 1. The Kier molecular flexibility index (Phi) is 13.1. The van der Waals surface area contributed by atoms with E-state index in [9.17, 15) is 9.59 Å². The zero-order valence-electron chi connectivity index (χ0n) is 16.9. The summed E-state index contributed by atoms with van der Waals surface area (Å²) < 4.78 is 5.22. The van der Waals surface area contributed by atoms with Crippen molar-refractivity contribution in [3.63, 3.8) is 0 Å². The fourth-order valence-electron chi connectivity index (χ4n) is 3.14. The molecule has 0 aromatic heterocycles. The smallest absolute Gasteiger partial charge is 0.335 e. The van der Waals surface area contributed by atoms with Gasteiger partial charge in [-0.2, -0.15) is 0 Å². The summed E-state index contributed by atoms with van der Waals surface area (Å²) in [5.41, 5.74) is 0.186. The molecule has 1 aromatic rings. The first-order valence-corrected chi connectivity index (χ1v) is 10.7. The Morgan fingerprint density at radius 2 is 1.19 bits per heavy atom. The highest BCUT2D eigenvalue weighted by atomic mass is 16.5. The van der Waals surface area contributed by atoms with Crippen LogP contribution < -0.4 is 4.74 Å². The van der Waals surface area contributed by atoms with Gasteiger partial charge in [0.05, 0.1) is 5.56 Å². The predicted octanol–water partition coefficient (Wildman–Crippen LogP) is 6.77. The van der Waals surface area contributed by atoms with Gasteiger partial charge in [-0.3, -0.25) is 4.79 Å². The molecule has 0 spiro atoms. The van der Waals surface area contributed by atoms with Gasteiger partial charge in [0.1, 0.15) is 5.75 Å². The Balaban J connectivity index is 1.93. The molecule has 1 rings (SSSR count). The van der Waals surface area contributed by atoms with Crippen LogP contribution in [0.4, 0.5) is 0 Å². The van der Waals surface area contributed by atoms with E-state index in [1.165, 1.54) is 94.9 Å². The SMILES string of the molecule is CCCCCCCCCCCCCCCC(=O)Oc1ccc(C(=O)O)cc1. The molecule has 0 radical (unpaired) electrons. The van der Waals surface area contributed by atoms with Crippen molar-refractivity contribution in [2.45, 2.75) is 96.8 Å². The Morgan fingerprint density at radius 1 is 0.741 bits per heavy atom. The summed E-state index contributed by atoms with van der Waals surface area (Å²) in [6.07, 6.45) is 17.0. The van der Waals surface area contributed by atoms with Gasteiger partial charge in [0.25, 0.3) is 0 Å². The Bertz CT molecular complexity index is 522. The number of esters is 1. The van der Waals surface area contributed by atoms with Crippen LogP contribution in [-0.4, -0.2) is 17.0 Å². The van der Waals surface area contributed by atoms with E-state index in [0.29, 0.717) is 12.2 Å². The van der Waals surface area contributed by atoms with Crippen LogP contribution in [0.2, 0.25) is 0 Å². The molecule has 4 nitrogen and oxygen atoms in total. The minimum atomic E-state index is -0.986. The summed E-state index contributed by atoms with van der Waals surface area (Å²) >= 11 is 0. The van der Waals surface area contributed by atoms with E-state index in [4.69, 9.17) is 9.84 Å². The van der Waals surface area contributed by atoms with Gasteiger partial charge in [-0.25, -0.2) is 4.79 Å². The monoisotopic (exact) mass is 376 g/mol. The molecule has 0 amide bonds. The first-order valence-electron chi connectivity index (χ1n) is 10.7. The molecule has 27 heavy (non-hydrogen) atoms. The molecule has 152 valence electrons. The van der Waals surface area contributed by atoms with Crippen molar-refractivity contribution in [3.05, 3.63) is 29.8 Å². The summed E-state index contributed by atoms with van der Waals surface area (Å²) in [6, 6.07) is 5.92. The van der Waals surface area contributed by atoms with E-state index in [1.807, 2.05) is 0 Å². The van der Waals surface area contributed by atoms with Crippen molar-refractivity contribution in [2.24, 2.45) is 0 Å². The lowest BCUT2D eigenvalue weighted by atomic mass is 10.0. The van der Waals surface area contributed by atoms with Crippen LogP contribution in [0.5, 0.6) is 5.75 Å². The third kappa shape index (κ3) is 12.2. The highest BCUT2D eigenvalue weighted by Crippen LogP contribution is 2.15. The van der Waals surface area contributed by atoms with E-state index >= 15 is 0 Å². The third-order valence-corrected chi connectivity index (χ3v) is 4.82. The van der Waals surface area contributed by atoms with Crippen molar-refractivity contribution in [1.29, 1.82) is 0 Å². The minimum Gasteiger partial charge on any atom is -0.478 e. The Morgan fingerprint density at radius 3 is 1.63 bits per heavy atom. The van der Waals surface area contributed by atoms with Crippen molar-refractivity contribution < 1.29 is 19.4 Å². The van der Waals surface area contributed by atoms with Gasteiger partial charge in [0.2, 0.25) is 0 Å². The van der Waals surface area contributed by atoms with Gasteiger partial charge in [0, 0.05) is 6.42 Å². The third-order valence-electron chi connectivity index (χ3n) is 4.82. The molecule has 0 saturated heterocycles. The number of benzene rings is 1. The summed E-state index contributed by atoms with van der Waals surface area (Å²) in [5, 5.41) is 8.84. The molecule has 0 aliphatic heterocycles. The molecule has 4 heteroatoms. The number of rotatable bonds is 16. The summed E-state index contributed by atoms with van der Waals surface area (Å²) in [7, 11) is 0. The number of carbonyl (C=O) groups is 2. The lowest BCUT2D eigenvalue weighted by Crippen LogP contribution is -2.07. The molecule has 0 bridgehead atoms. The van der Waals surface area contributed by atoms with Crippen LogP contribution in [0, 0.1) is 0 Å². The average molecular weight is 377 g/mol. The molecular weight excluding hydrogens is 340 g/mol. The molecular formula is C23H36O4. The lowest BCUT2D eigenvalue weighted by Gasteiger charge is -2.05. The second-order valence-corrected chi connectivity index (χ2v) is 7.30. The van der Waals surface area contributed by atoms with Gasteiger partial charge < -0.3 is 9.84 Å². The van der Waals surface area contributed by atoms with Crippen LogP contribution in [0.1, 0.15) is 107 Å². The van der Waals surface area contributed by atoms with E-state index < -0.39 is 5.97 Å². The number of carboxylic acids is 1. The van der Waals surface area contributed by atoms with Gasteiger partial charge in [-0.1, -0.05) is 84.0 Å². The maximum Gasteiger partial charge on any atom is 0.335 e. The fourth-order valence-corrected chi connectivity index (χ4v) is 3.14. The van der Waals surface area contributed by atoms with Crippen LogP contribution in [0.3, 0.4) is 0 Å². The average Bonchev–Trinajstić information content (AvgIpc) is 2.66. The van der Waals surface area contributed by atoms with Crippen molar-refractivity contribution >= 4 is 11.9 Å². The molecule has 0 aliphatic rings. The van der Waals surface area contributed by atoms with Crippen LogP contribution >= 0.6 is 0 Å². The highest BCUT2D eigenvalue weighted by molar-refractivity contribution is 5.87. The normalized spacial score (nSPS) is 10.7. The summed E-state index contributed by atoms with van der Waals surface area (Å²) in [5.74, 6) is -0.833. The maximum atomic E-state index is 11.8. The standard InChI is InChI=1S/C23H36O4/c1-2-3-4-5-6-7-8-9-10-11-12-13-14-15-22(24)27-21-18-16-20(17-19-21)23(25)26/h16-19H,2-15H2,1H3,(H,25,26). The second-order valence-electron chi connectivity index (χ2n) is 7.30. The van der Waals surface area contributed by atoms with E-state index in [1.54, 1.807) is 0 Å². The molecule has 0 heterocycles. The fraction of sp³-hybridized carbons (Fsp3) is 0.652. The number of aromatic carboxylic acids is 1. The maximum absolute atomic E-state index is 11.8. The lowest BCUT2D eigenvalue weighted by molar-refractivity contribution is -0.134. The molecule has 1 aromatic carbocycles. The topological polar surface area (TPSA) is 63.6 Å². The van der Waals surface area contributed by atoms with Crippen molar-refractivity contribution in [1.82, 2.24) is 0 Å². The number of carboxylic acid groups (broad SMARTS) is 1. The molecule has 0 atom stereocenters. The number of ether oxygens (including phenoxy) is 1. The summed E-state index contributed by atoms with van der Waals surface area (Å²) in [6.45, 7) is 2.25. The van der Waals surface area contributed by atoms with Crippen LogP contribution in [-0.2, 0) is 4.79 Å². The second kappa shape index (κ2) is 15.2. The molecule has 0 aliphatic carbocycles. The van der Waals surface area contributed by atoms with E-state index in [0.717, 1.165) is 12.8 Å². The molecule has 1 N–H and O–H groups in total. The zero-order chi connectivity index (χ0) is 19.7. The minimum absolute atomic E-state index is 0.186. The van der Waals surface area contributed by atoms with Crippen LogP contribution in [0.25, 0.3) is 0 Å². The zero-order valence-corrected chi connectivity index (χ0v) is 16.9. The van der Waals surface area contributed by atoms with Crippen LogP contribution in [0.15, 0.2) is 24.3 Å². The summed E-state index contributed by atoms with van der Waals surface area (Å²) in [4.78, 5) is 22.6. The molecule has 0 fully saturated rings. The van der Waals surface area contributed by atoms with Crippen molar-refractivity contribution in [3.8, 4) is 5.75 Å². The first kappa shape index (κ1) is 23.2. The number of carbonyl (C=O) groups excluding carboxylic acids is 1. The van der Waals surface area contributed by atoms with Gasteiger partial charge >= 0.3 is 11.9 Å². The molecule has 0 unspecified atom stereocenters. The Labute approximate surface area is 164 Å². The highest BCUT2D eigenvalue weighted by Gasteiger charge is 2.06. The van der Waals surface area contributed by atoms with Crippen molar-refractivity contribution in [2.75, 3.05) is 0 Å². The van der Waals surface area contributed by atoms with Gasteiger partial charge in [-0.15, -0.1) is 0 Å². The number of hydrogen-bond acceptors (Lipinski definition) is 3. The predicted molar refractivity (Wildman–Crippen MR) is 109 cm³/mol. The van der Waals surface area contributed by atoms with E-state index in [-0.39, 0.29) is 11.5 Å². The van der Waals surface area contributed by atoms with Gasteiger partial charge in [0.15, 0.2) is 0 Å². The van der Waals surface area contributed by atoms with E-state index in [2.05, 4.69) is 6.92 Å². The molecule has 0 saturated carbocycles. The van der Waals surface area contributed by atoms with Gasteiger partial charge in [-0.05, 0) is 30.7 Å². The Hall–Kier alpha value is -1.84. The first-order chi connectivity index (χ1) is 13.1. The number of unbranched alkanes of at least 4 members (excludes halogenated alkanes) is 12. The largest absolute Gasteiger partial charge is 0.478 e. The quantitative estimate of drug-likeness (QED) is 0.196.